The molecule has 2 aromatic carbocycles. The lowest BCUT2D eigenvalue weighted by Crippen LogP contribution is -2.51. The Labute approximate surface area is 202 Å². The van der Waals surface area contributed by atoms with E-state index in [-0.39, 0.29) is 5.91 Å². The Hall–Kier alpha value is -3.71. The van der Waals surface area contributed by atoms with Crippen molar-refractivity contribution in [2.45, 2.75) is 13.0 Å². The van der Waals surface area contributed by atoms with E-state index in [2.05, 4.69) is 17.0 Å². The molecule has 5 rings (SSSR count). The zero-order valence-corrected chi connectivity index (χ0v) is 19.7. The summed E-state index contributed by atoms with van der Waals surface area (Å²) in [6, 6.07) is 23.3. The first-order valence-corrected chi connectivity index (χ1v) is 12.2. The maximum Gasteiger partial charge on any atom is 0.339 e. The summed E-state index contributed by atoms with van der Waals surface area (Å²) >= 11 is 1.56. The second kappa shape index (κ2) is 9.65. The van der Waals surface area contributed by atoms with Gasteiger partial charge in [-0.15, -0.1) is 11.3 Å². The lowest BCUT2D eigenvalue weighted by atomic mass is 10.1. The molecule has 4 aromatic rings. The van der Waals surface area contributed by atoms with Crippen molar-refractivity contribution in [3.8, 4) is 10.6 Å². The SMILES string of the molecule is CC(OC(=O)c1cc(-c2cccs2)nc2ccccc12)C(=O)N1CCN(c2ccccc2)CC1. The number of aromatic nitrogens is 1. The number of benzene rings is 2. The molecule has 172 valence electrons. The van der Waals surface area contributed by atoms with E-state index in [4.69, 9.17) is 9.72 Å². The van der Waals surface area contributed by atoms with Gasteiger partial charge in [0, 0.05) is 37.3 Å². The van der Waals surface area contributed by atoms with Crippen LogP contribution in [0.5, 0.6) is 0 Å². The number of piperazine rings is 1. The molecular formula is C27H25N3O3S. The predicted octanol–water partition coefficient (Wildman–Crippen LogP) is 4.86. The van der Waals surface area contributed by atoms with E-state index in [1.54, 1.807) is 29.2 Å². The number of pyridine rings is 1. The number of nitrogens with zero attached hydrogens (tertiary/aromatic N) is 3. The van der Waals surface area contributed by atoms with Crippen LogP contribution in [0.25, 0.3) is 21.5 Å². The van der Waals surface area contributed by atoms with Gasteiger partial charge in [-0.3, -0.25) is 4.79 Å². The highest BCUT2D eigenvalue weighted by Gasteiger charge is 2.28. The third-order valence-corrected chi connectivity index (χ3v) is 6.95. The lowest BCUT2D eigenvalue weighted by molar-refractivity contribution is -0.140. The summed E-state index contributed by atoms with van der Waals surface area (Å²) in [5.74, 6) is -0.682. The van der Waals surface area contributed by atoms with Crippen LogP contribution < -0.4 is 4.90 Å². The smallest absolute Gasteiger partial charge is 0.339 e. The number of para-hydroxylation sites is 2. The Kier molecular flexibility index (Phi) is 6.27. The van der Waals surface area contributed by atoms with Crippen LogP contribution in [0.2, 0.25) is 0 Å². The van der Waals surface area contributed by atoms with Crippen molar-refractivity contribution in [2.24, 2.45) is 0 Å². The van der Waals surface area contributed by atoms with E-state index in [1.807, 2.05) is 60.0 Å². The normalized spacial score (nSPS) is 14.7. The van der Waals surface area contributed by atoms with Gasteiger partial charge in [-0.05, 0) is 42.6 Å². The van der Waals surface area contributed by atoms with Crippen LogP contribution in [0.3, 0.4) is 0 Å². The molecular weight excluding hydrogens is 446 g/mol. The van der Waals surface area contributed by atoms with Crippen LogP contribution in [0.4, 0.5) is 5.69 Å². The molecule has 1 aliphatic heterocycles. The molecule has 7 heteroatoms. The standard InChI is InChI=1S/C27H25N3O3S/c1-19(26(31)30-15-13-29(14-16-30)20-8-3-2-4-9-20)33-27(32)22-18-24(25-12-7-17-34-25)28-23-11-6-5-10-21(22)23/h2-12,17-19H,13-16H2,1H3. The summed E-state index contributed by atoms with van der Waals surface area (Å²) in [6.07, 6.45) is -0.868. The van der Waals surface area contributed by atoms with Crippen molar-refractivity contribution in [3.63, 3.8) is 0 Å². The van der Waals surface area contributed by atoms with Gasteiger partial charge in [0.15, 0.2) is 6.10 Å². The van der Waals surface area contributed by atoms with E-state index in [1.165, 1.54) is 0 Å². The highest BCUT2D eigenvalue weighted by molar-refractivity contribution is 7.13. The quantitative estimate of drug-likeness (QED) is 0.389. The molecule has 0 bridgehead atoms. The first-order valence-electron chi connectivity index (χ1n) is 11.3. The number of anilines is 1. The summed E-state index contributed by atoms with van der Waals surface area (Å²) in [4.78, 5) is 35.9. The van der Waals surface area contributed by atoms with Gasteiger partial charge >= 0.3 is 5.97 Å². The summed E-state index contributed by atoms with van der Waals surface area (Å²) < 4.78 is 5.68. The molecule has 34 heavy (non-hydrogen) atoms. The van der Waals surface area contributed by atoms with Gasteiger partial charge in [-0.1, -0.05) is 42.5 Å². The predicted molar refractivity (Wildman–Crippen MR) is 135 cm³/mol. The molecule has 1 amide bonds. The zero-order chi connectivity index (χ0) is 23.5. The molecule has 6 nitrogen and oxygen atoms in total. The zero-order valence-electron chi connectivity index (χ0n) is 18.9. The molecule has 3 heterocycles. The fourth-order valence-corrected chi connectivity index (χ4v) is 4.94. The summed E-state index contributed by atoms with van der Waals surface area (Å²) in [7, 11) is 0. The van der Waals surface area contributed by atoms with Crippen LogP contribution >= 0.6 is 11.3 Å². The fraction of sp³-hybridized carbons (Fsp3) is 0.222. The van der Waals surface area contributed by atoms with Gasteiger partial charge in [0.2, 0.25) is 0 Å². The molecule has 1 aliphatic rings. The second-order valence-electron chi connectivity index (χ2n) is 8.24. The number of ether oxygens (including phenoxy) is 1. The molecule has 0 radical (unpaired) electrons. The largest absolute Gasteiger partial charge is 0.449 e. The van der Waals surface area contributed by atoms with E-state index < -0.39 is 12.1 Å². The monoisotopic (exact) mass is 471 g/mol. The van der Waals surface area contributed by atoms with Crippen molar-refractivity contribution >= 4 is 39.8 Å². The van der Waals surface area contributed by atoms with Gasteiger partial charge in [-0.25, -0.2) is 9.78 Å². The second-order valence-corrected chi connectivity index (χ2v) is 9.19. The lowest BCUT2D eigenvalue weighted by Gasteiger charge is -2.37. The molecule has 1 saturated heterocycles. The minimum atomic E-state index is -0.868. The van der Waals surface area contributed by atoms with Crippen LogP contribution in [0.15, 0.2) is 78.2 Å². The van der Waals surface area contributed by atoms with Crippen molar-refractivity contribution < 1.29 is 14.3 Å². The molecule has 2 aromatic heterocycles. The van der Waals surface area contributed by atoms with Gasteiger partial charge in [-0.2, -0.15) is 0 Å². The Bertz CT molecular complexity index is 1300. The first-order chi connectivity index (χ1) is 16.6. The Morgan fingerprint density at radius 2 is 1.68 bits per heavy atom. The van der Waals surface area contributed by atoms with E-state index >= 15 is 0 Å². The number of hydrogen-bond donors (Lipinski definition) is 0. The van der Waals surface area contributed by atoms with Crippen LogP contribution in [-0.2, 0) is 9.53 Å². The van der Waals surface area contributed by atoms with Gasteiger partial charge in [0.1, 0.15) is 0 Å². The Morgan fingerprint density at radius 3 is 2.41 bits per heavy atom. The highest BCUT2D eigenvalue weighted by Crippen LogP contribution is 2.28. The Morgan fingerprint density at radius 1 is 0.941 bits per heavy atom. The molecule has 0 spiro atoms. The molecule has 1 atom stereocenters. The minimum Gasteiger partial charge on any atom is -0.449 e. The number of esters is 1. The average molecular weight is 472 g/mol. The summed E-state index contributed by atoms with van der Waals surface area (Å²) in [6.45, 7) is 4.32. The van der Waals surface area contributed by atoms with Crippen molar-refractivity contribution in [2.75, 3.05) is 31.1 Å². The third-order valence-electron chi connectivity index (χ3n) is 6.05. The fourth-order valence-electron chi connectivity index (χ4n) is 4.25. The van der Waals surface area contributed by atoms with Crippen molar-refractivity contribution in [1.29, 1.82) is 0 Å². The van der Waals surface area contributed by atoms with Crippen LogP contribution in [0, 0.1) is 0 Å². The van der Waals surface area contributed by atoms with Gasteiger partial charge < -0.3 is 14.5 Å². The molecule has 0 aliphatic carbocycles. The van der Waals surface area contributed by atoms with Crippen molar-refractivity contribution in [1.82, 2.24) is 9.88 Å². The van der Waals surface area contributed by atoms with Gasteiger partial charge in [0.25, 0.3) is 5.91 Å². The first kappa shape index (κ1) is 22.1. The van der Waals surface area contributed by atoms with Crippen molar-refractivity contribution in [3.05, 3.63) is 83.7 Å². The maximum absolute atomic E-state index is 13.2. The topological polar surface area (TPSA) is 62.7 Å². The van der Waals surface area contributed by atoms with Crippen LogP contribution in [0.1, 0.15) is 17.3 Å². The molecule has 0 saturated carbocycles. The minimum absolute atomic E-state index is 0.169. The number of hydrogen-bond acceptors (Lipinski definition) is 6. The molecule has 0 N–H and O–H groups in total. The van der Waals surface area contributed by atoms with Gasteiger partial charge in [0.05, 0.1) is 21.7 Å². The summed E-state index contributed by atoms with van der Waals surface area (Å²) in [5.41, 5.74) is 3.01. The number of thiophene rings is 1. The molecule has 1 unspecified atom stereocenters. The number of fused-ring (bicyclic) bond motifs is 1. The summed E-state index contributed by atoms with van der Waals surface area (Å²) in [5, 5.41) is 2.69. The maximum atomic E-state index is 13.2. The molecule has 1 fully saturated rings. The Balaban J connectivity index is 1.29. The average Bonchev–Trinajstić information content (AvgIpc) is 3.43. The van der Waals surface area contributed by atoms with Crippen LogP contribution in [-0.4, -0.2) is 54.0 Å². The number of amides is 1. The number of carbonyl (C=O) groups is 2. The van der Waals surface area contributed by atoms with E-state index in [9.17, 15) is 9.59 Å². The highest BCUT2D eigenvalue weighted by atomic mass is 32.1. The van der Waals surface area contributed by atoms with E-state index in [0.29, 0.717) is 24.0 Å². The van der Waals surface area contributed by atoms with E-state index in [0.717, 1.165) is 34.9 Å². The number of rotatable bonds is 5. The third kappa shape index (κ3) is 4.52. The number of carbonyl (C=O) groups excluding carboxylic acids is 2.